The van der Waals surface area contributed by atoms with Crippen LogP contribution in [0.1, 0.15) is 22.2 Å². The summed E-state index contributed by atoms with van der Waals surface area (Å²) in [5.41, 5.74) is 8.09. The lowest BCUT2D eigenvalue weighted by molar-refractivity contribution is -0.139. The maximum Gasteiger partial charge on any atom is 0.326 e. The predicted molar refractivity (Wildman–Crippen MR) is 66.1 cm³/mol. The minimum Gasteiger partial charge on any atom is -0.480 e. The van der Waals surface area contributed by atoms with E-state index in [0.29, 0.717) is 19.5 Å². The first-order valence-electron chi connectivity index (χ1n) is 5.18. The van der Waals surface area contributed by atoms with Gasteiger partial charge in [0.25, 0.3) is 0 Å². The number of carboxylic acids is 1. The van der Waals surface area contributed by atoms with Crippen LogP contribution in [0.2, 0.25) is 0 Å². The largest absolute Gasteiger partial charge is 0.480 e. The van der Waals surface area contributed by atoms with E-state index < -0.39 is 12.0 Å². The fraction of sp³-hybridized carbons (Fsp3) is 0.500. The first-order chi connectivity index (χ1) is 8.15. The van der Waals surface area contributed by atoms with Gasteiger partial charge in [0.2, 0.25) is 0 Å². The summed E-state index contributed by atoms with van der Waals surface area (Å²) in [6.45, 7) is 2.82. The molecule has 0 saturated heterocycles. The molecule has 1 atom stereocenters. The average molecular weight is 254 g/mol. The molecule has 1 heterocycles. The van der Waals surface area contributed by atoms with Gasteiger partial charge in [-0.3, -0.25) is 4.79 Å². The summed E-state index contributed by atoms with van der Waals surface area (Å²) in [5.74, 6) is -0.893. The van der Waals surface area contributed by atoms with Crippen LogP contribution in [0.25, 0.3) is 10.4 Å². The zero-order valence-corrected chi connectivity index (χ0v) is 10.3. The Balaban J connectivity index is 2.50. The number of nitrogens with one attached hydrogen (secondary N) is 1. The topological polar surface area (TPSA) is 98.1 Å². The second-order valence-corrected chi connectivity index (χ2v) is 4.80. The van der Waals surface area contributed by atoms with E-state index in [1.165, 1.54) is 11.3 Å². The molecule has 1 rings (SSSR count). The van der Waals surface area contributed by atoms with E-state index in [9.17, 15) is 4.79 Å². The summed E-state index contributed by atoms with van der Waals surface area (Å²) >= 11 is 1.47. The van der Waals surface area contributed by atoms with Gasteiger partial charge in [-0.2, -0.15) is 0 Å². The van der Waals surface area contributed by atoms with E-state index in [1.54, 1.807) is 0 Å². The molecule has 0 fully saturated rings. The maximum atomic E-state index is 11.1. The third-order valence-corrected chi connectivity index (χ3v) is 3.20. The van der Waals surface area contributed by atoms with Crippen molar-refractivity contribution in [2.24, 2.45) is 5.11 Å². The van der Waals surface area contributed by atoms with Crippen LogP contribution in [-0.2, 0) is 4.79 Å². The van der Waals surface area contributed by atoms with Crippen LogP contribution in [0.5, 0.6) is 0 Å². The van der Waals surface area contributed by atoms with Crippen molar-refractivity contribution in [2.75, 3.05) is 13.1 Å². The molecule has 1 unspecified atom stereocenters. The highest BCUT2D eigenvalue weighted by atomic mass is 32.1. The minimum atomic E-state index is -0.893. The quantitative estimate of drug-likeness (QED) is 0.338. The van der Waals surface area contributed by atoms with Gasteiger partial charge < -0.3 is 10.4 Å². The number of thiophene rings is 1. The van der Waals surface area contributed by atoms with Gasteiger partial charge in [0.15, 0.2) is 0 Å². The van der Waals surface area contributed by atoms with Gasteiger partial charge in [0.1, 0.15) is 6.04 Å². The molecule has 92 valence electrons. The molecule has 0 aliphatic carbocycles. The molecule has 0 saturated carbocycles. The van der Waals surface area contributed by atoms with Gasteiger partial charge in [-0.15, -0.1) is 11.3 Å². The Morgan fingerprint density at radius 2 is 2.47 bits per heavy atom. The molecule has 2 N–H and O–H groups in total. The maximum absolute atomic E-state index is 11.1. The highest BCUT2D eigenvalue weighted by Gasteiger charge is 2.20. The van der Waals surface area contributed by atoms with E-state index in [-0.39, 0.29) is 0 Å². The number of azide groups is 1. The Morgan fingerprint density at radius 1 is 1.71 bits per heavy atom. The number of rotatable bonds is 7. The summed E-state index contributed by atoms with van der Waals surface area (Å²) in [7, 11) is 0. The number of carbonyl (C=O) groups is 1. The van der Waals surface area contributed by atoms with Crippen LogP contribution in [0, 0.1) is 6.92 Å². The number of carboxylic acid groups (broad SMARTS) is 1. The van der Waals surface area contributed by atoms with Gasteiger partial charge in [-0.05, 0) is 37.6 Å². The van der Waals surface area contributed by atoms with Crippen LogP contribution >= 0.6 is 11.3 Å². The summed E-state index contributed by atoms with van der Waals surface area (Å²) in [6, 6.07) is 3.04. The average Bonchev–Trinajstić information content (AvgIpc) is 2.69. The number of nitrogens with zero attached hydrogens (tertiary/aromatic N) is 3. The van der Waals surface area contributed by atoms with Gasteiger partial charge in [-0.1, -0.05) is 5.11 Å². The Hall–Kier alpha value is -1.56. The van der Waals surface area contributed by atoms with Crippen molar-refractivity contribution in [1.29, 1.82) is 0 Å². The normalized spacial score (nSPS) is 11.8. The molecule has 0 radical (unpaired) electrons. The Kier molecular flexibility index (Phi) is 5.48. The van der Waals surface area contributed by atoms with Gasteiger partial charge in [0.05, 0.1) is 0 Å². The molecule has 0 aromatic carbocycles. The zero-order chi connectivity index (χ0) is 12.7. The summed E-state index contributed by atoms with van der Waals surface area (Å²) in [4.78, 5) is 15.6. The van der Waals surface area contributed by atoms with E-state index in [4.69, 9.17) is 10.6 Å². The SMILES string of the molecule is Cc1ccc(C(NCCCN=[N+]=[N-])C(=O)O)s1. The Morgan fingerprint density at radius 3 is 3.00 bits per heavy atom. The predicted octanol–water partition coefficient (Wildman–Crippen LogP) is 2.47. The van der Waals surface area contributed by atoms with Crippen molar-refractivity contribution >= 4 is 17.3 Å². The monoisotopic (exact) mass is 254 g/mol. The van der Waals surface area contributed by atoms with E-state index >= 15 is 0 Å². The second-order valence-electron chi connectivity index (χ2n) is 3.48. The van der Waals surface area contributed by atoms with Crippen molar-refractivity contribution in [1.82, 2.24) is 5.32 Å². The van der Waals surface area contributed by atoms with E-state index in [2.05, 4.69) is 15.3 Å². The van der Waals surface area contributed by atoms with Crippen LogP contribution in [0.15, 0.2) is 17.2 Å². The number of hydrogen-bond acceptors (Lipinski definition) is 4. The lowest BCUT2D eigenvalue weighted by Crippen LogP contribution is -2.28. The summed E-state index contributed by atoms with van der Waals surface area (Å²) in [6.07, 6.45) is 0.623. The molecule has 7 heteroatoms. The number of aryl methyl sites for hydroxylation is 1. The smallest absolute Gasteiger partial charge is 0.326 e. The summed E-state index contributed by atoms with van der Waals surface area (Å²) in [5, 5.41) is 15.4. The minimum absolute atomic E-state index is 0.374. The van der Waals surface area contributed by atoms with Crippen molar-refractivity contribution in [3.63, 3.8) is 0 Å². The van der Waals surface area contributed by atoms with Crippen LogP contribution < -0.4 is 5.32 Å². The third kappa shape index (κ3) is 4.44. The molecule has 0 aliphatic heterocycles. The first-order valence-corrected chi connectivity index (χ1v) is 6.00. The lowest BCUT2D eigenvalue weighted by Gasteiger charge is -2.12. The fourth-order valence-corrected chi connectivity index (χ4v) is 2.31. The number of aliphatic carboxylic acids is 1. The second kappa shape index (κ2) is 6.90. The van der Waals surface area contributed by atoms with Crippen LogP contribution in [0.4, 0.5) is 0 Å². The van der Waals surface area contributed by atoms with Crippen LogP contribution in [-0.4, -0.2) is 24.2 Å². The van der Waals surface area contributed by atoms with E-state index in [0.717, 1.165) is 9.75 Å². The van der Waals surface area contributed by atoms with Crippen LogP contribution in [0.3, 0.4) is 0 Å². The molecule has 0 spiro atoms. The number of hydrogen-bond donors (Lipinski definition) is 2. The molecule has 0 bridgehead atoms. The van der Waals surface area contributed by atoms with Gasteiger partial charge >= 0.3 is 5.97 Å². The van der Waals surface area contributed by atoms with Gasteiger partial charge in [-0.25, -0.2) is 0 Å². The standard InChI is InChI=1S/C10H14N4O2S/c1-7-3-4-8(17-7)9(10(15)16)12-5-2-6-13-14-11/h3-4,9,12H,2,5-6H2,1H3,(H,15,16). The van der Waals surface area contributed by atoms with Crippen molar-refractivity contribution in [2.45, 2.75) is 19.4 Å². The molecule has 1 aromatic heterocycles. The van der Waals surface area contributed by atoms with Crippen molar-refractivity contribution in [3.8, 4) is 0 Å². The Labute approximate surface area is 103 Å². The molecule has 17 heavy (non-hydrogen) atoms. The molecular weight excluding hydrogens is 240 g/mol. The van der Waals surface area contributed by atoms with Crippen molar-refractivity contribution < 1.29 is 9.90 Å². The molecule has 1 aromatic rings. The fourth-order valence-electron chi connectivity index (χ4n) is 1.36. The molecule has 6 nitrogen and oxygen atoms in total. The molecule has 0 amide bonds. The van der Waals surface area contributed by atoms with Gasteiger partial charge in [0, 0.05) is 21.2 Å². The zero-order valence-electron chi connectivity index (χ0n) is 9.46. The highest BCUT2D eigenvalue weighted by molar-refractivity contribution is 7.12. The summed E-state index contributed by atoms with van der Waals surface area (Å²) < 4.78 is 0. The molecule has 0 aliphatic rings. The third-order valence-electron chi connectivity index (χ3n) is 2.14. The first kappa shape index (κ1) is 13.5. The molecular formula is C10H14N4O2S. The van der Waals surface area contributed by atoms with Crippen molar-refractivity contribution in [3.05, 3.63) is 32.3 Å². The van der Waals surface area contributed by atoms with E-state index in [1.807, 2.05) is 19.1 Å². The Bertz CT molecular complexity index is 426. The lowest BCUT2D eigenvalue weighted by atomic mass is 10.2. The highest BCUT2D eigenvalue weighted by Crippen LogP contribution is 2.22.